The lowest BCUT2D eigenvalue weighted by Crippen LogP contribution is -2.49. The lowest BCUT2D eigenvalue weighted by Gasteiger charge is -2.22. The van der Waals surface area contributed by atoms with Crippen LogP contribution in [0, 0.1) is 17.6 Å². The van der Waals surface area contributed by atoms with E-state index < -0.39 is 29.6 Å². The van der Waals surface area contributed by atoms with Crippen LogP contribution < -0.4 is 16.4 Å². The molecule has 0 saturated heterocycles. The quantitative estimate of drug-likeness (QED) is 0.773. The van der Waals surface area contributed by atoms with Crippen molar-refractivity contribution in [2.24, 2.45) is 11.7 Å². The number of hydrogen-bond acceptors (Lipinski definition) is 2. The zero-order chi connectivity index (χ0) is 15.3. The maximum Gasteiger partial charge on any atom is 0.312 e. The average Bonchev–Trinajstić information content (AvgIpc) is 2.39. The van der Waals surface area contributed by atoms with E-state index in [-0.39, 0.29) is 11.6 Å². The number of urea groups is 1. The van der Waals surface area contributed by atoms with Crippen molar-refractivity contribution in [1.82, 2.24) is 5.32 Å². The van der Waals surface area contributed by atoms with Crippen LogP contribution >= 0.6 is 0 Å². The van der Waals surface area contributed by atoms with E-state index in [9.17, 15) is 18.4 Å². The van der Waals surface area contributed by atoms with Crippen LogP contribution in [0.15, 0.2) is 18.2 Å². The summed E-state index contributed by atoms with van der Waals surface area (Å²) in [5, 5.41) is 4.75. The second-order valence-electron chi connectivity index (χ2n) is 4.49. The summed E-state index contributed by atoms with van der Waals surface area (Å²) in [5.41, 5.74) is 5.13. The minimum atomic E-state index is -1.06. The third kappa shape index (κ3) is 4.18. The van der Waals surface area contributed by atoms with Crippen molar-refractivity contribution in [2.75, 3.05) is 5.32 Å². The van der Waals surface area contributed by atoms with E-state index in [1.54, 1.807) is 6.92 Å². The number of anilines is 1. The maximum atomic E-state index is 13.0. The molecular weight excluding hydrogens is 268 g/mol. The van der Waals surface area contributed by atoms with Gasteiger partial charge < -0.3 is 16.4 Å². The van der Waals surface area contributed by atoms with Crippen LogP contribution in [0.1, 0.15) is 20.3 Å². The maximum absolute atomic E-state index is 13.0. The molecule has 0 heterocycles. The number of halogens is 2. The molecule has 5 nitrogen and oxygen atoms in total. The Morgan fingerprint density at radius 3 is 2.45 bits per heavy atom. The van der Waals surface area contributed by atoms with Crippen molar-refractivity contribution in [3.05, 3.63) is 29.8 Å². The van der Waals surface area contributed by atoms with Gasteiger partial charge in [0.2, 0.25) is 5.91 Å². The zero-order valence-corrected chi connectivity index (χ0v) is 11.2. The monoisotopic (exact) mass is 285 g/mol. The Bertz CT molecular complexity index is 508. The predicted molar refractivity (Wildman–Crippen MR) is 70.9 cm³/mol. The van der Waals surface area contributed by atoms with Crippen LogP contribution in [-0.4, -0.2) is 18.0 Å². The number of amides is 3. The van der Waals surface area contributed by atoms with E-state index in [4.69, 9.17) is 5.73 Å². The van der Waals surface area contributed by atoms with Crippen LogP contribution in [0.3, 0.4) is 0 Å². The van der Waals surface area contributed by atoms with Crippen molar-refractivity contribution in [2.45, 2.75) is 26.3 Å². The van der Waals surface area contributed by atoms with Gasteiger partial charge in [-0.05, 0) is 18.1 Å². The molecule has 20 heavy (non-hydrogen) atoms. The number of nitrogens with two attached hydrogens (primary N) is 1. The van der Waals surface area contributed by atoms with E-state index in [2.05, 4.69) is 10.6 Å². The van der Waals surface area contributed by atoms with Gasteiger partial charge in [-0.2, -0.15) is 0 Å². The summed E-state index contributed by atoms with van der Waals surface area (Å²) in [6.07, 6.45) is 0.635. The molecule has 110 valence electrons. The standard InChI is InChI=1S/C13H17F2N3O2/c1-3-7(2)11(18-13(16)20)12(19)17-8-4-5-9(14)10(15)6-8/h4-7,11H,3H2,1-2H3,(H,17,19)(H3,16,18,20). The van der Waals surface area contributed by atoms with Gasteiger partial charge in [-0.25, -0.2) is 13.6 Å². The summed E-state index contributed by atoms with van der Waals surface area (Å²) < 4.78 is 25.8. The highest BCUT2D eigenvalue weighted by Gasteiger charge is 2.25. The molecule has 0 aromatic heterocycles. The van der Waals surface area contributed by atoms with Gasteiger partial charge in [-0.1, -0.05) is 20.3 Å². The number of rotatable bonds is 5. The molecule has 2 atom stereocenters. The molecule has 0 bridgehead atoms. The molecule has 0 aliphatic carbocycles. The normalized spacial score (nSPS) is 13.4. The van der Waals surface area contributed by atoms with Crippen molar-refractivity contribution in [3.63, 3.8) is 0 Å². The highest BCUT2D eigenvalue weighted by molar-refractivity contribution is 5.97. The summed E-state index contributed by atoms with van der Waals surface area (Å²) in [6, 6.07) is 1.34. The van der Waals surface area contributed by atoms with Gasteiger partial charge in [0.1, 0.15) is 6.04 Å². The molecule has 7 heteroatoms. The van der Waals surface area contributed by atoms with Gasteiger partial charge >= 0.3 is 6.03 Å². The first-order valence-electron chi connectivity index (χ1n) is 6.17. The van der Waals surface area contributed by atoms with Crippen LogP contribution in [0.5, 0.6) is 0 Å². The zero-order valence-electron chi connectivity index (χ0n) is 11.2. The van der Waals surface area contributed by atoms with Crippen molar-refractivity contribution >= 4 is 17.6 Å². The minimum Gasteiger partial charge on any atom is -0.352 e. The first-order valence-corrected chi connectivity index (χ1v) is 6.17. The molecule has 0 radical (unpaired) electrons. The van der Waals surface area contributed by atoms with E-state index in [0.29, 0.717) is 6.42 Å². The fourth-order valence-corrected chi connectivity index (χ4v) is 1.65. The number of hydrogen-bond donors (Lipinski definition) is 3. The Balaban J connectivity index is 2.84. The second kappa shape index (κ2) is 6.83. The molecule has 1 rings (SSSR count). The third-order valence-electron chi connectivity index (χ3n) is 2.98. The lowest BCUT2D eigenvalue weighted by molar-refractivity contribution is -0.119. The summed E-state index contributed by atoms with van der Waals surface area (Å²) in [6.45, 7) is 3.62. The van der Waals surface area contributed by atoms with Crippen LogP contribution in [-0.2, 0) is 4.79 Å². The van der Waals surface area contributed by atoms with Gasteiger partial charge in [0.25, 0.3) is 0 Å². The molecule has 1 aromatic rings. The smallest absolute Gasteiger partial charge is 0.312 e. The van der Waals surface area contributed by atoms with E-state index >= 15 is 0 Å². The Kier molecular flexibility index (Phi) is 5.42. The van der Waals surface area contributed by atoms with E-state index in [1.165, 1.54) is 6.07 Å². The largest absolute Gasteiger partial charge is 0.352 e. The van der Waals surface area contributed by atoms with Crippen molar-refractivity contribution in [1.29, 1.82) is 0 Å². The van der Waals surface area contributed by atoms with Crippen molar-refractivity contribution in [3.8, 4) is 0 Å². The van der Waals surface area contributed by atoms with E-state index in [0.717, 1.165) is 12.1 Å². The van der Waals surface area contributed by atoms with Crippen LogP contribution in [0.25, 0.3) is 0 Å². The fraction of sp³-hybridized carbons (Fsp3) is 0.385. The third-order valence-corrected chi connectivity index (χ3v) is 2.98. The topological polar surface area (TPSA) is 84.2 Å². The number of carbonyl (C=O) groups excluding carboxylic acids is 2. The first kappa shape index (κ1) is 15.9. The predicted octanol–water partition coefficient (Wildman–Crippen LogP) is 1.99. The number of nitrogens with one attached hydrogen (secondary N) is 2. The average molecular weight is 285 g/mol. The second-order valence-corrected chi connectivity index (χ2v) is 4.49. The molecule has 1 aromatic carbocycles. The number of primary amides is 1. The highest BCUT2D eigenvalue weighted by Crippen LogP contribution is 2.15. The van der Waals surface area contributed by atoms with Crippen molar-refractivity contribution < 1.29 is 18.4 Å². The first-order chi connectivity index (χ1) is 9.35. The Labute approximate surface area is 115 Å². The van der Waals surface area contributed by atoms with Gasteiger partial charge in [-0.15, -0.1) is 0 Å². The molecule has 3 amide bonds. The van der Waals surface area contributed by atoms with Crippen LogP contribution in [0.4, 0.5) is 19.3 Å². The van der Waals surface area contributed by atoms with Gasteiger partial charge in [-0.3, -0.25) is 4.79 Å². The van der Waals surface area contributed by atoms with Gasteiger partial charge in [0.05, 0.1) is 0 Å². The SMILES string of the molecule is CCC(C)C(NC(N)=O)C(=O)Nc1ccc(F)c(F)c1. The summed E-state index contributed by atoms with van der Waals surface area (Å²) in [5.74, 6) is -2.76. The molecule has 4 N–H and O–H groups in total. The minimum absolute atomic E-state index is 0.105. The Morgan fingerprint density at radius 1 is 1.30 bits per heavy atom. The number of carbonyl (C=O) groups is 2. The highest BCUT2D eigenvalue weighted by atomic mass is 19.2. The summed E-state index contributed by atoms with van der Waals surface area (Å²) >= 11 is 0. The molecule has 0 fully saturated rings. The lowest BCUT2D eigenvalue weighted by atomic mass is 9.98. The Morgan fingerprint density at radius 2 is 1.95 bits per heavy atom. The molecule has 0 aliphatic rings. The fourth-order valence-electron chi connectivity index (χ4n) is 1.65. The number of benzene rings is 1. The van der Waals surface area contributed by atoms with Gasteiger partial charge in [0.15, 0.2) is 11.6 Å². The molecule has 0 aliphatic heterocycles. The molecule has 0 spiro atoms. The molecule has 0 saturated carbocycles. The molecule has 2 unspecified atom stereocenters. The van der Waals surface area contributed by atoms with E-state index in [1.807, 2.05) is 6.92 Å². The summed E-state index contributed by atoms with van der Waals surface area (Å²) in [7, 11) is 0. The summed E-state index contributed by atoms with van der Waals surface area (Å²) in [4.78, 5) is 23.0. The van der Waals surface area contributed by atoms with Gasteiger partial charge in [0, 0.05) is 11.8 Å². The Hall–Kier alpha value is -2.18. The molecular formula is C13H17F2N3O2. The van der Waals surface area contributed by atoms with Crippen LogP contribution in [0.2, 0.25) is 0 Å².